The summed E-state index contributed by atoms with van der Waals surface area (Å²) in [5, 5.41) is 1.02. The van der Waals surface area contributed by atoms with Gasteiger partial charge in [0.2, 0.25) is 0 Å². The maximum Gasteiger partial charge on any atom is 0.185 e. The van der Waals surface area contributed by atoms with Crippen molar-refractivity contribution >= 4 is 22.8 Å². The maximum absolute atomic E-state index is 11.2. The van der Waals surface area contributed by atoms with Gasteiger partial charge in [0, 0.05) is 19.5 Å². The van der Waals surface area contributed by atoms with Gasteiger partial charge in [-0.2, -0.15) is 0 Å². The minimum atomic E-state index is 0.553. The molecule has 3 rings (SSSR count). The van der Waals surface area contributed by atoms with E-state index >= 15 is 0 Å². The van der Waals surface area contributed by atoms with E-state index in [0.29, 0.717) is 5.92 Å². The van der Waals surface area contributed by atoms with E-state index in [1.54, 1.807) is 11.3 Å². The van der Waals surface area contributed by atoms with Crippen LogP contribution in [0.5, 0.6) is 0 Å². The molecule has 0 unspecified atom stereocenters. The minimum absolute atomic E-state index is 0.553. The second-order valence-electron chi connectivity index (χ2n) is 6.27. The van der Waals surface area contributed by atoms with E-state index in [4.69, 9.17) is 4.98 Å². The lowest BCUT2D eigenvalue weighted by atomic mass is 9.97. The molecule has 0 N–H and O–H groups in total. The van der Waals surface area contributed by atoms with Crippen LogP contribution in [0.1, 0.15) is 47.0 Å². The Hall–Kier alpha value is -0.940. The van der Waals surface area contributed by atoms with Crippen LogP contribution in [0.4, 0.5) is 5.13 Å². The molecular formula is C15H23N3OS. The average Bonchev–Trinajstić information content (AvgIpc) is 3.20. The van der Waals surface area contributed by atoms with Gasteiger partial charge < -0.3 is 9.80 Å². The van der Waals surface area contributed by atoms with Gasteiger partial charge in [0.05, 0.1) is 10.6 Å². The van der Waals surface area contributed by atoms with Crippen molar-refractivity contribution in [2.45, 2.75) is 31.6 Å². The highest BCUT2D eigenvalue weighted by Gasteiger charge is 2.30. The van der Waals surface area contributed by atoms with Crippen molar-refractivity contribution in [3.05, 3.63) is 10.6 Å². The number of carbonyl (C=O) groups is 1. The lowest BCUT2D eigenvalue weighted by Gasteiger charge is -2.31. The SMILES string of the molecule is CN1CCC(CN(C)c2nc(C3CC3)c(C=O)s2)CC1. The Morgan fingerprint density at radius 3 is 2.65 bits per heavy atom. The molecule has 1 aromatic heterocycles. The molecule has 110 valence electrons. The zero-order chi connectivity index (χ0) is 14.1. The second kappa shape index (κ2) is 5.82. The van der Waals surface area contributed by atoms with Crippen LogP contribution in [0, 0.1) is 5.92 Å². The number of thiazole rings is 1. The predicted molar refractivity (Wildman–Crippen MR) is 83.0 cm³/mol. The number of carbonyl (C=O) groups excluding carboxylic acids is 1. The molecule has 2 aliphatic rings. The fraction of sp³-hybridized carbons (Fsp3) is 0.733. The first kappa shape index (κ1) is 14.0. The fourth-order valence-corrected chi connectivity index (χ4v) is 3.87. The van der Waals surface area contributed by atoms with Crippen molar-refractivity contribution in [1.29, 1.82) is 0 Å². The van der Waals surface area contributed by atoms with E-state index in [0.717, 1.165) is 34.5 Å². The van der Waals surface area contributed by atoms with Crippen LogP contribution in [0.15, 0.2) is 0 Å². The lowest BCUT2D eigenvalue weighted by molar-refractivity contribution is 0.112. The van der Waals surface area contributed by atoms with Gasteiger partial charge in [-0.15, -0.1) is 0 Å². The molecule has 1 saturated heterocycles. The molecule has 5 heteroatoms. The minimum Gasteiger partial charge on any atom is -0.351 e. The zero-order valence-corrected chi connectivity index (χ0v) is 13.2. The van der Waals surface area contributed by atoms with Crippen LogP contribution in [0.3, 0.4) is 0 Å². The Bertz CT molecular complexity index is 475. The predicted octanol–water partition coefficient (Wildman–Crippen LogP) is 2.61. The molecule has 0 radical (unpaired) electrons. The summed E-state index contributed by atoms with van der Waals surface area (Å²) in [7, 11) is 4.31. The molecule has 0 spiro atoms. The van der Waals surface area contributed by atoms with E-state index in [2.05, 4.69) is 23.9 Å². The highest BCUT2D eigenvalue weighted by Crippen LogP contribution is 2.43. The number of likely N-dealkylation sites (tertiary alicyclic amines) is 1. The van der Waals surface area contributed by atoms with Gasteiger partial charge in [-0.3, -0.25) is 4.79 Å². The molecule has 1 aromatic rings. The van der Waals surface area contributed by atoms with Crippen LogP contribution >= 0.6 is 11.3 Å². The monoisotopic (exact) mass is 293 g/mol. The van der Waals surface area contributed by atoms with Crippen molar-refractivity contribution in [3.8, 4) is 0 Å². The van der Waals surface area contributed by atoms with Gasteiger partial charge in [-0.1, -0.05) is 11.3 Å². The van der Waals surface area contributed by atoms with Crippen molar-refractivity contribution in [2.75, 3.05) is 38.6 Å². The van der Waals surface area contributed by atoms with E-state index in [-0.39, 0.29) is 0 Å². The number of hydrogen-bond donors (Lipinski definition) is 0. The Kier molecular flexibility index (Phi) is 4.08. The van der Waals surface area contributed by atoms with Crippen LogP contribution in [-0.2, 0) is 0 Å². The number of anilines is 1. The van der Waals surface area contributed by atoms with Crippen molar-refractivity contribution in [3.63, 3.8) is 0 Å². The number of rotatable bonds is 5. The summed E-state index contributed by atoms with van der Waals surface area (Å²) in [4.78, 5) is 21.4. The summed E-state index contributed by atoms with van der Waals surface area (Å²) >= 11 is 1.56. The number of aldehydes is 1. The van der Waals surface area contributed by atoms with Gasteiger partial charge >= 0.3 is 0 Å². The summed E-state index contributed by atoms with van der Waals surface area (Å²) in [6.07, 6.45) is 5.91. The molecular weight excluding hydrogens is 270 g/mol. The first-order chi connectivity index (χ1) is 9.67. The molecule has 0 amide bonds. The van der Waals surface area contributed by atoms with Crippen molar-refractivity contribution in [2.24, 2.45) is 5.92 Å². The molecule has 2 heterocycles. The zero-order valence-electron chi connectivity index (χ0n) is 12.3. The summed E-state index contributed by atoms with van der Waals surface area (Å²) in [5.74, 6) is 1.31. The summed E-state index contributed by atoms with van der Waals surface area (Å²) in [6, 6.07) is 0. The largest absolute Gasteiger partial charge is 0.351 e. The number of piperidine rings is 1. The third kappa shape index (κ3) is 3.04. The van der Waals surface area contributed by atoms with Gasteiger partial charge in [-0.05, 0) is 51.7 Å². The third-order valence-corrected chi connectivity index (χ3v) is 5.55. The van der Waals surface area contributed by atoms with Crippen LogP contribution in [-0.4, -0.2) is 49.9 Å². The lowest BCUT2D eigenvalue weighted by Crippen LogP contribution is -2.35. The number of nitrogens with zero attached hydrogens (tertiary/aromatic N) is 3. The number of aromatic nitrogens is 1. The molecule has 1 aliphatic heterocycles. The van der Waals surface area contributed by atoms with Crippen molar-refractivity contribution < 1.29 is 4.79 Å². The Morgan fingerprint density at radius 1 is 1.35 bits per heavy atom. The molecule has 4 nitrogen and oxygen atoms in total. The molecule has 0 aromatic carbocycles. The second-order valence-corrected chi connectivity index (χ2v) is 7.27. The highest BCUT2D eigenvalue weighted by atomic mass is 32.1. The smallest absolute Gasteiger partial charge is 0.185 e. The van der Waals surface area contributed by atoms with E-state index in [9.17, 15) is 4.79 Å². The standard InChI is InChI=1S/C15H23N3OS/c1-17-7-5-11(6-8-17)9-18(2)15-16-14(12-3-4-12)13(10-19)20-15/h10-12H,3-9H2,1-2H3. The highest BCUT2D eigenvalue weighted by molar-refractivity contribution is 7.17. The third-order valence-electron chi connectivity index (χ3n) is 4.44. The molecule has 1 saturated carbocycles. The van der Waals surface area contributed by atoms with Crippen LogP contribution in [0.2, 0.25) is 0 Å². The quantitative estimate of drug-likeness (QED) is 0.782. The van der Waals surface area contributed by atoms with Crippen LogP contribution < -0.4 is 4.90 Å². The Balaban J connectivity index is 1.64. The van der Waals surface area contributed by atoms with Crippen molar-refractivity contribution in [1.82, 2.24) is 9.88 Å². The van der Waals surface area contributed by atoms with Gasteiger partial charge in [-0.25, -0.2) is 4.98 Å². The molecule has 2 fully saturated rings. The van der Waals surface area contributed by atoms with Crippen LogP contribution in [0.25, 0.3) is 0 Å². The van der Waals surface area contributed by atoms with E-state index < -0.39 is 0 Å². The first-order valence-corrected chi connectivity index (χ1v) is 8.34. The average molecular weight is 293 g/mol. The van der Waals surface area contributed by atoms with E-state index in [1.165, 1.54) is 38.8 Å². The maximum atomic E-state index is 11.2. The fourth-order valence-electron chi connectivity index (χ4n) is 2.94. The van der Waals surface area contributed by atoms with Gasteiger partial charge in [0.25, 0.3) is 0 Å². The van der Waals surface area contributed by atoms with Gasteiger partial charge in [0.1, 0.15) is 0 Å². The Labute approximate surface area is 124 Å². The number of hydrogen-bond acceptors (Lipinski definition) is 5. The van der Waals surface area contributed by atoms with Gasteiger partial charge in [0.15, 0.2) is 11.4 Å². The molecule has 0 bridgehead atoms. The normalized spacial score (nSPS) is 21.1. The Morgan fingerprint density at radius 2 is 2.05 bits per heavy atom. The topological polar surface area (TPSA) is 36.4 Å². The summed E-state index contributed by atoms with van der Waals surface area (Å²) < 4.78 is 0. The molecule has 20 heavy (non-hydrogen) atoms. The summed E-state index contributed by atoms with van der Waals surface area (Å²) in [5.41, 5.74) is 1.05. The van der Waals surface area contributed by atoms with E-state index in [1.807, 2.05) is 0 Å². The summed E-state index contributed by atoms with van der Waals surface area (Å²) in [6.45, 7) is 3.45. The first-order valence-electron chi connectivity index (χ1n) is 7.53. The molecule has 1 aliphatic carbocycles. The molecule has 0 atom stereocenters.